The monoisotopic (exact) mass is 397 g/mol. The summed E-state index contributed by atoms with van der Waals surface area (Å²) in [5.74, 6) is -2.04. The van der Waals surface area contributed by atoms with Crippen LogP contribution in [0.3, 0.4) is 0 Å². The van der Waals surface area contributed by atoms with Crippen molar-refractivity contribution in [1.29, 1.82) is 0 Å². The number of carbonyl (C=O) groups excluding carboxylic acids is 4. The van der Waals surface area contributed by atoms with Gasteiger partial charge < -0.3 is 15.4 Å². The molecular weight excluding hydrogens is 374 g/mol. The van der Waals surface area contributed by atoms with Gasteiger partial charge in [-0.25, -0.2) is 4.79 Å². The smallest absolute Gasteiger partial charge is 0.326 e. The van der Waals surface area contributed by atoms with E-state index < -0.39 is 36.5 Å². The van der Waals surface area contributed by atoms with Gasteiger partial charge in [0.2, 0.25) is 6.10 Å². The zero-order chi connectivity index (χ0) is 21.2. The Balaban J connectivity index is 2.02. The summed E-state index contributed by atoms with van der Waals surface area (Å²) in [6, 6.07) is 14.5. The van der Waals surface area contributed by atoms with E-state index >= 15 is 0 Å². The van der Waals surface area contributed by atoms with Crippen LogP contribution in [0.15, 0.2) is 54.6 Å². The van der Waals surface area contributed by atoms with Crippen molar-refractivity contribution in [3.63, 3.8) is 0 Å². The van der Waals surface area contributed by atoms with Crippen molar-refractivity contribution in [2.24, 2.45) is 0 Å². The number of nitrogens with one attached hydrogen (secondary N) is 3. The van der Waals surface area contributed by atoms with Gasteiger partial charge >= 0.3 is 12.0 Å². The van der Waals surface area contributed by atoms with E-state index in [0.29, 0.717) is 17.7 Å². The summed E-state index contributed by atoms with van der Waals surface area (Å²) in [6.45, 7) is 3.46. The molecule has 0 aliphatic carbocycles. The minimum Gasteiger partial charge on any atom is -0.446 e. The van der Waals surface area contributed by atoms with Crippen molar-refractivity contribution >= 4 is 23.8 Å². The predicted octanol–water partition coefficient (Wildman–Crippen LogP) is 1.86. The van der Waals surface area contributed by atoms with E-state index in [1.807, 2.05) is 13.0 Å². The van der Waals surface area contributed by atoms with Crippen LogP contribution in [0.25, 0.3) is 0 Å². The molecule has 0 bridgehead atoms. The molecule has 0 spiro atoms. The highest BCUT2D eigenvalue weighted by Crippen LogP contribution is 2.17. The Hall–Kier alpha value is -3.68. The second-order valence-electron chi connectivity index (χ2n) is 6.18. The lowest BCUT2D eigenvalue weighted by Gasteiger charge is -2.18. The molecule has 0 radical (unpaired) electrons. The number of amides is 4. The van der Waals surface area contributed by atoms with Gasteiger partial charge in [0.1, 0.15) is 6.54 Å². The Labute approximate surface area is 168 Å². The van der Waals surface area contributed by atoms with Crippen LogP contribution in [0.2, 0.25) is 0 Å². The maximum atomic E-state index is 12.4. The lowest BCUT2D eigenvalue weighted by atomic mass is 10.1. The summed E-state index contributed by atoms with van der Waals surface area (Å²) in [7, 11) is 0. The quantitative estimate of drug-likeness (QED) is 0.617. The molecule has 0 heterocycles. The second kappa shape index (κ2) is 10.6. The molecule has 0 saturated carbocycles. The second-order valence-corrected chi connectivity index (χ2v) is 6.18. The number of imide groups is 1. The van der Waals surface area contributed by atoms with Crippen LogP contribution in [0.1, 0.15) is 34.5 Å². The van der Waals surface area contributed by atoms with Crippen molar-refractivity contribution < 1.29 is 23.9 Å². The number of benzene rings is 2. The Morgan fingerprint density at radius 2 is 1.69 bits per heavy atom. The first-order chi connectivity index (χ1) is 13.9. The highest BCUT2D eigenvalue weighted by atomic mass is 16.5. The third-order valence-electron chi connectivity index (χ3n) is 3.84. The third kappa shape index (κ3) is 6.76. The Kier molecular flexibility index (Phi) is 7.90. The lowest BCUT2D eigenvalue weighted by molar-refractivity contribution is -0.155. The van der Waals surface area contributed by atoms with Crippen molar-refractivity contribution in [2.75, 3.05) is 13.1 Å². The van der Waals surface area contributed by atoms with E-state index in [1.54, 1.807) is 55.5 Å². The van der Waals surface area contributed by atoms with Gasteiger partial charge in [-0.1, -0.05) is 48.0 Å². The Morgan fingerprint density at radius 3 is 2.34 bits per heavy atom. The largest absolute Gasteiger partial charge is 0.446 e. The van der Waals surface area contributed by atoms with Gasteiger partial charge in [0.05, 0.1) is 0 Å². The molecule has 0 unspecified atom stereocenters. The third-order valence-corrected chi connectivity index (χ3v) is 3.84. The number of ether oxygens (including phenoxy) is 1. The normalized spacial score (nSPS) is 11.1. The van der Waals surface area contributed by atoms with Gasteiger partial charge in [0.15, 0.2) is 0 Å². The van der Waals surface area contributed by atoms with Crippen molar-refractivity contribution in [3.8, 4) is 0 Å². The number of urea groups is 1. The van der Waals surface area contributed by atoms with Gasteiger partial charge in [-0.05, 0) is 26.0 Å². The summed E-state index contributed by atoms with van der Waals surface area (Å²) in [4.78, 5) is 48.4. The molecule has 0 saturated heterocycles. The molecule has 8 nitrogen and oxygen atoms in total. The number of esters is 1. The molecule has 2 aromatic carbocycles. The molecular formula is C21H23N3O5. The first-order valence-electron chi connectivity index (χ1n) is 9.08. The van der Waals surface area contributed by atoms with Crippen LogP contribution >= 0.6 is 0 Å². The summed E-state index contributed by atoms with van der Waals surface area (Å²) in [5, 5.41) is 7.02. The standard InChI is InChI=1S/C21H23N3O5/c1-3-22-21(28)24-20(27)18(15-9-5-4-6-10-15)29-17(25)13-23-19(26)16-11-7-8-14(2)12-16/h4-12,18H,3,13H2,1-2H3,(H,23,26)(H2,22,24,27,28)/t18-/m0/s1. The van der Waals surface area contributed by atoms with E-state index in [-0.39, 0.29) is 0 Å². The number of hydrogen-bond acceptors (Lipinski definition) is 5. The Morgan fingerprint density at radius 1 is 0.966 bits per heavy atom. The average Bonchev–Trinajstić information content (AvgIpc) is 2.71. The molecule has 2 rings (SSSR count). The molecule has 152 valence electrons. The molecule has 2 aromatic rings. The van der Waals surface area contributed by atoms with Gasteiger partial charge in [-0.15, -0.1) is 0 Å². The van der Waals surface area contributed by atoms with Crippen molar-refractivity contribution in [1.82, 2.24) is 16.0 Å². The minimum atomic E-state index is -1.33. The van der Waals surface area contributed by atoms with Crippen molar-refractivity contribution in [2.45, 2.75) is 20.0 Å². The van der Waals surface area contributed by atoms with Gasteiger partial charge in [0.25, 0.3) is 11.8 Å². The van der Waals surface area contributed by atoms with E-state index in [0.717, 1.165) is 5.56 Å². The summed E-state index contributed by atoms with van der Waals surface area (Å²) >= 11 is 0. The highest BCUT2D eigenvalue weighted by Gasteiger charge is 2.26. The van der Waals surface area contributed by atoms with Gasteiger partial charge in [-0.2, -0.15) is 0 Å². The average molecular weight is 397 g/mol. The number of carbonyl (C=O) groups is 4. The molecule has 0 aliphatic rings. The maximum absolute atomic E-state index is 12.4. The fraction of sp³-hybridized carbons (Fsp3) is 0.238. The maximum Gasteiger partial charge on any atom is 0.326 e. The number of aryl methyl sites for hydroxylation is 1. The molecule has 0 aliphatic heterocycles. The lowest BCUT2D eigenvalue weighted by Crippen LogP contribution is -2.43. The van der Waals surface area contributed by atoms with E-state index in [9.17, 15) is 19.2 Å². The zero-order valence-electron chi connectivity index (χ0n) is 16.2. The molecule has 0 fully saturated rings. The minimum absolute atomic E-state index is 0.333. The van der Waals surface area contributed by atoms with Crippen LogP contribution in [-0.4, -0.2) is 36.9 Å². The number of rotatable bonds is 7. The molecule has 3 N–H and O–H groups in total. The van der Waals surface area contributed by atoms with Gasteiger partial charge in [0, 0.05) is 17.7 Å². The summed E-state index contributed by atoms with van der Waals surface area (Å²) in [5.41, 5.74) is 1.71. The molecule has 8 heteroatoms. The van der Waals surface area contributed by atoms with Crippen LogP contribution in [0.4, 0.5) is 4.79 Å². The fourth-order valence-corrected chi connectivity index (χ4v) is 2.50. The number of hydrogen-bond donors (Lipinski definition) is 3. The van der Waals surface area contributed by atoms with Crippen LogP contribution in [-0.2, 0) is 14.3 Å². The Bertz CT molecular complexity index is 883. The van der Waals surface area contributed by atoms with Crippen molar-refractivity contribution in [3.05, 3.63) is 71.3 Å². The van der Waals surface area contributed by atoms with E-state index in [2.05, 4.69) is 16.0 Å². The molecule has 1 atom stereocenters. The SMILES string of the molecule is CCNC(=O)NC(=O)[C@@H](OC(=O)CNC(=O)c1cccc(C)c1)c1ccccc1. The zero-order valence-corrected chi connectivity index (χ0v) is 16.2. The van der Waals surface area contributed by atoms with E-state index in [4.69, 9.17) is 4.74 Å². The summed E-state index contributed by atoms with van der Waals surface area (Å²) < 4.78 is 5.24. The predicted molar refractivity (Wildman–Crippen MR) is 106 cm³/mol. The van der Waals surface area contributed by atoms with Crippen LogP contribution in [0, 0.1) is 6.92 Å². The summed E-state index contributed by atoms with van der Waals surface area (Å²) in [6.07, 6.45) is -1.33. The highest BCUT2D eigenvalue weighted by molar-refractivity contribution is 5.98. The van der Waals surface area contributed by atoms with Gasteiger partial charge in [-0.3, -0.25) is 19.7 Å². The van der Waals surface area contributed by atoms with Crippen LogP contribution in [0.5, 0.6) is 0 Å². The molecule has 0 aromatic heterocycles. The van der Waals surface area contributed by atoms with Crippen LogP contribution < -0.4 is 16.0 Å². The molecule has 4 amide bonds. The fourth-order valence-electron chi connectivity index (χ4n) is 2.50. The molecule has 29 heavy (non-hydrogen) atoms. The first-order valence-corrected chi connectivity index (χ1v) is 9.08. The first kappa shape index (κ1) is 21.6. The topological polar surface area (TPSA) is 114 Å². The van der Waals surface area contributed by atoms with E-state index in [1.165, 1.54) is 0 Å².